The molecule has 0 aliphatic carbocycles. The molecule has 1 heterocycles. The lowest BCUT2D eigenvalue weighted by Crippen LogP contribution is -2.24. The van der Waals surface area contributed by atoms with Gasteiger partial charge in [0, 0.05) is 16.6 Å². The Balaban J connectivity index is 1.56. The molecule has 7 heteroatoms. The molecular weight excluding hydrogens is 372 g/mol. The minimum Gasteiger partial charge on any atom is -0.479 e. The number of nitrogens with zero attached hydrogens (tertiary/aromatic N) is 1. The topological polar surface area (TPSA) is 68.3 Å². The lowest BCUT2D eigenvalue weighted by atomic mass is 10.2. The average molecular weight is 387 g/mol. The van der Waals surface area contributed by atoms with E-state index in [4.69, 9.17) is 16.3 Å². The van der Waals surface area contributed by atoms with Crippen molar-refractivity contribution in [3.05, 3.63) is 65.8 Å². The van der Waals surface area contributed by atoms with E-state index in [1.807, 2.05) is 30.3 Å². The van der Waals surface area contributed by atoms with Crippen LogP contribution >= 0.6 is 11.6 Å². The van der Waals surface area contributed by atoms with E-state index in [0.29, 0.717) is 10.8 Å². The number of halogens is 1. The van der Waals surface area contributed by atoms with Crippen LogP contribution in [0.2, 0.25) is 5.02 Å². The van der Waals surface area contributed by atoms with Crippen LogP contribution in [-0.2, 0) is 10.0 Å². The molecule has 1 aromatic heterocycles. The van der Waals surface area contributed by atoms with E-state index in [-0.39, 0.29) is 18.0 Å². The van der Waals surface area contributed by atoms with E-state index in [0.717, 1.165) is 10.9 Å². The second kappa shape index (κ2) is 8.19. The number of hydrogen-bond acceptors (Lipinski definition) is 4. The molecule has 2 aromatic carbocycles. The number of para-hydroxylation sites is 1. The van der Waals surface area contributed by atoms with Gasteiger partial charge in [-0.1, -0.05) is 47.7 Å². The maximum Gasteiger partial charge on any atom is 0.241 e. The molecule has 0 bridgehead atoms. The number of fused-ring (bicyclic) bond motifs is 1. The Hall–Kier alpha value is -2.59. The smallest absolute Gasteiger partial charge is 0.241 e. The van der Waals surface area contributed by atoms with Crippen LogP contribution < -0.4 is 9.46 Å². The second-order valence-electron chi connectivity index (χ2n) is 5.26. The first-order valence-electron chi connectivity index (χ1n) is 7.74. The molecule has 26 heavy (non-hydrogen) atoms. The summed E-state index contributed by atoms with van der Waals surface area (Å²) in [5.74, 6) is 6.14. The third-order valence-corrected chi connectivity index (χ3v) is 5.11. The Kier molecular flexibility index (Phi) is 5.74. The van der Waals surface area contributed by atoms with Crippen molar-refractivity contribution in [3.8, 4) is 17.6 Å². The molecule has 0 radical (unpaired) electrons. The van der Waals surface area contributed by atoms with Crippen molar-refractivity contribution in [3.63, 3.8) is 0 Å². The quantitative estimate of drug-likeness (QED) is 0.683. The molecule has 0 saturated heterocycles. The first-order valence-corrected chi connectivity index (χ1v) is 9.60. The van der Waals surface area contributed by atoms with Crippen LogP contribution in [0.15, 0.2) is 65.7 Å². The maximum atomic E-state index is 12.1. The van der Waals surface area contributed by atoms with E-state index in [2.05, 4.69) is 21.5 Å². The van der Waals surface area contributed by atoms with Gasteiger partial charge >= 0.3 is 0 Å². The molecule has 3 aromatic rings. The Bertz CT molecular complexity index is 1080. The van der Waals surface area contributed by atoms with Crippen molar-refractivity contribution in [2.24, 2.45) is 0 Å². The van der Waals surface area contributed by atoms with E-state index >= 15 is 0 Å². The summed E-state index contributed by atoms with van der Waals surface area (Å²) < 4.78 is 32.2. The molecule has 132 valence electrons. The second-order valence-corrected chi connectivity index (χ2v) is 7.46. The predicted octanol–water partition coefficient (Wildman–Crippen LogP) is 3.25. The van der Waals surface area contributed by atoms with Crippen LogP contribution in [0, 0.1) is 11.8 Å². The minimum atomic E-state index is -3.64. The van der Waals surface area contributed by atoms with Crippen molar-refractivity contribution in [2.75, 3.05) is 13.2 Å². The van der Waals surface area contributed by atoms with Crippen LogP contribution in [0.5, 0.6) is 5.75 Å². The van der Waals surface area contributed by atoms with E-state index in [1.54, 1.807) is 18.3 Å². The number of aromatic nitrogens is 1. The van der Waals surface area contributed by atoms with E-state index in [1.165, 1.54) is 12.1 Å². The van der Waals surface area contributed by atoms with Crippen LogP contribution in [0.25, 0.3) is 10.9 Å². The van der Waals surface area contributed by atoms with Gasteiger partial charge in [0.1, 0.15) is 17.9 Å². The van der Waals surface area contributed by atoms with Crippen molar-refractivity contribution in [2.45, 2.75) is 4.90 Å². The lowest BCUT2D eigenvalue weighted by molar-refractivity contribution is 0.374. The molecule has 1 N–H and O–H groups in total. The number of pyridine rings is 1. The molecule has 0 fully saturated rings. The molecule has 0 aliphatic heterocycles. The fraction of sp³-hybridized carbons (Fsp3) is 0.105. The average Bonchev–Trinajstić information content (AvgIpc) is 2.64. The Labute approximate surface area is 157 Å². The summed E-state index contributed by atoms with van der Waals surface area (Å²) in [6.07, 6.45) is 1.70. The van der Waals surface area contributed by atoms with Crippen LogP contribution in [-0.4, -0.2) is 26.6 Å². The predicted molar refractivity (Wildman–Crippen MR) is 102 cm³/mol. The summed E-state index contributed by atoms with van der Waals surface area (Å²) in [6.45, 7) is 0.112. The first-order chi connectivity index (χ1) is 12.6. The molecule has 0 atom stereocenters. The number of nitrogens with one attached hydrogen (secondary N) is 1. The van der Waals surface area contributed by atoms with Gasteiger partial charge in [0.2, 0.25) is 10.0 Å². The molecule has 3 rings (SSSR count). The van der Waals surface area contributed by atoms with Gasteiger partial charge in [-0.3, -0.25) is 4.98 Å². The molecule has 5 nitrogen and oxygen atoms in total. The van der Waals surface area contributed by atoms with Crippen LogP contribution in [0.4, 0.5) is 0 Å². The number of hydrogen-bond donors (Lipinski definition) is 1. The lowest BCUT2D eigenvalue weighted by Gasteiger charge is -2.05. The van der Waals surface area contributed by atoms with Crippen molar-refractivity contribution >= 4 is 32.5 Å². The molecule has 0 aliphatic rings. The van der Waals surface area contributed by atoms with Gasteiger partial charge in [-0.05, 0) is 30.3 Å². The molecule has 0 unspecified atom stereocenters. The zero-order valence-electron chi connectivity index (χ0n) is 13.6. The monoisotopic (exact) mass is 386 g/mol. The van der Waals surface area contributed by atoms with E-state index < -0.39 is 10.0 Å². The van der Waals surface area contributed by atoms with Crippen molar-refractivity contribution in [1.82, 2.24) is 9.71 Å². The Morgan fingerprint density at radius 3 is 2.73 bits per heavy atom. The third-order valence-electron chi connectivity index (χ3n) is 3.48. The number of ether oxygens (including phenoxy) is 1. The van der Waals surface area contributed by atoms with Gasteiger partial charge in [0.05, 0.1) is 11.4 Å². The number of benzene rings is 2. The normalized spacial score (nSPS) is 11.0. The molecular formula is C19H15ClN2O3S. The standard InChI is InChI=1S/C19H15ClN2O3S/c20-16-8-4-9-17(14-16)26(23,24)22-12-1-2-13-25-18-10-3-6-15-7-5-11-21-19(15)18/h3-11,14,22H,12-13H2. The van der Waals surface area contributed by atoms with Gasteiger partial charge in [-0.15, -0.1) is 0 Å². The van der Waals surface area contributed by atoms with Crippen molar-refractivity contribution < 1.29 is 13.2 Å². The van der Waals surface area contributed by atoms with Gasteiger partial charge in [0.15, 0.2) is 0 Å². The van der Waals surface area contributed by atoms with Gasteiger partial charge in [0.25, 0.3) is 0 Å². The fourth-order valence-electron chi connectivity index (χ4n) is 2.27. The SMILES string of the molecule is O=S(=O)(NCC#CCOc1cccc2cccnc12)c1cccc(Cl)c1. The summed E-state index contributed by atoms with van der Waals surface area (Å²) >= 11 is 5.81. The van der Waals surface area contributed by atoms with Crippen molar-refractivity contribution in [1.29, 1.82) is 0 Å². The third kappa shape index (κ3) is 4.52. The Morgan fingerprint density at radius 1 is 1.08 bits per heavy atom. The molecule has 0 amide bonds. The highest BCUT2D eigenvalue weighted by atomic mass is 35.5. The first kappa shape index (κ1) is 18.2. The van der Waals surface area contributed by atoms with Crippen LogP contribution in [0.3, 0.4) is 0 Å². The maximum absolute atomic E-state index is 12.1. The highest BCUT2D eigenvalue weighted by Crippen LogP contribution is 2.22. The highest BCUT2D eigenvalue weighted by Gasteiger charge is 2.12. The number of rotatable bonds is 5. The van der Waals surface area contributed by atoms with Gasteiger partial charge < -0.3 is 4.74 Å². The zero-order valence-corrected chi connectivity index (χ0v) is 15.2. The fourth-order valence-corrected chi connectivity index (χ4v) is 3.49. The summed E-state index contributed by atoms with van der Waals surface area (Å²) in [5.41, 5.74) is 0.762. The van der Waals surface area contributed by atoms with Crippen LogP contribution in [0.1, 0.15) is 0 Å². The highest BCUT2D eigenvalue weighted by molar-refractivity contribution is 7.89. The minimum absolute atomic E-state index is 0.0218. The van der Waals surface area contributed by atoms with E-state index in [9.17, 15) is 8.42 Å². The largest absolute Gasteiger partial charge is 0.479 e. The molecule has 0 spiro atoms. The Morgan fingerprint density at radius 2 is 1.88 bits per heavy atom. The summed E-state index contributed by atoms with van der Waals surface area (Å²) in [4.78, 5) is 4.40. The van der Waals surface area contributed by atoms with Gasteiger partial charge in [-0.2, -0.15) is 4.72 Å². The summed E-state index contributed by atoms with van der Waals surface area (Å²) in [6, 6.07) is 15.5. The molecule has 0 saturated carbocycles. The zero-order chi connectivity index (χ0) is 18.4. The summed E-state index contributed by atoms with van der Waals surface area (Å²) in [5, 5.41) is 1.34. The summed E-state index contributed by atoms with van der Waals surface area (Å²) in [7, 11) is -3.64. The van der Waals surface area contributed by atoms with Gasteiger partial charge in [-0.25, -0.2) is 8.42 Å². The number of sulfonamides is 1.